The second kappa shape index (κ2) is 4.19. The summed E-state index contributed by atoms with van der Waals surface area (Å²) in [5.41, 5.74) is 7.22. The molecule has 0 aromatic heterocycles. The van der Waals surface area contributed by atoms with E-state index >= 15 is 0 Å². The van der Waals surface area contributed by atoms with Gasteiger partial charge in [0, 0.05) is 30.4 Å². The lowest BCUT2D eigenvalue weighted by molar-refractivity contribution is 0.608. The Labute approximate surface area is 89.9 Å². The summed E-state index contributed by atoms with van der Waals surface area (Å²) in [7, 11) is 0. The molecule has 2 nitrogen and oxygen atoms in total. The molecule has 1 aromatic carbocycles. The molecule has 0 radical (unpaired) electrons. The summed E-state index contributed by atoms with van der Waals surface area (Å²) in [6.45, 7) is 3.29. The van der Waals surface area contributed by atoms with Crippen LogP contribution in [0.4, 0.5) is 10.1 Å². The van der Waals surface area contributed by atoms with Crippen molar-refractivity contribution in [3.63, 3.8) is 0 Å². The first kappa shape index (κ1) is 10.4. The third kappa shape index (κ3) is 1.97. The van der Waals surface area contributed by atoms with Gasteiger partial charge >= 0.3 is 0 Å². The Bertz CT molecular complexity index is 347. The summed E-state index contributed by atoms with van der Waals surface area (Å²) in [5, 5.41) is 0. The van der Waals surface area contributed by atoms with Crippen molar-refractivity contribution in [3.05, 3.63) is 29.6 Å². The van der Waals surface area contributed by atoms with E-state index in [1.54, 1.807) is 6.07 Å². The van der Waals surface area contributed by atoms with Crippen LogP contribution in [0.25, 0.3) is 0 Å². The minimum atomic E-state index is -0.186. The van der Waals surface area contributed by atoms with Crippen LogP contribution in [0.3, 0.4) is 0 Å². The molecule has 1 aliphatic rings. The minimum absolute atomic E-state index is 0.186. The molecule has 82 valence electrons. The van der Waals surface area contributed by atoms with Crippen LogP contribution in [-0.2, 0) is 6.54 Å². The molecule has 2 N–H and O–H groups in total. The molecule has 1 saturated carbocycles. The van der Waals surface area contributed by atoms with Gasteiger partial charge in [0.15, 0.2) is 0 Å². The molecule has 0 aliphatic heterocycles. The molecule has 3 heteroatoms. The average Bonchev–Trinajstić information content (AvgIpc) is 3.04. The molecule has 0 unspecified atom stereocenters. The summed E-state index contributed by atoms with van der Waals surface area (Å²) in [6, 6.07) is 5.80. The first-order chi connectivity index (χ1) is 7.27. The first-order valence-corrected chi connectivity index (χ1v) is 5.52. The van der Waals surface area contributed by atoms with Crippen LogP contribution in [0.15, 0.2) is 18.2 Å². The largest absolute Gasteiger partial charge is 0.368 e. The zero-order valence-corrected chi connectivity index (χ0v) is 9.04. The standard InChI is InChI=1S/C12H17FN2/c1-2-15(9-6-7-9)12-5-3-4-11(13)10(12)8-14/h3-5,9H,2,6-8,14H2,1H3. The van der Waals surface area contributed by atoms with Gasteiger partial charge in [0.25, 0.3) is 0 Å². The summed E-state index contributed by atoms with van der Waals surface area (Å²) in [4.78, 5) is 2.26. The fourth-order valence-corrected chi connectivity index (χ4v) is 2.03. The molecule has 0 bridgehead atoms. The van der Waals surface area contributed by atoms with Crippen molar-refractivity contribution in [2.45, 2.75) is 32.4 Å². The third-order valence-electron chi connectivity index (χ3n) is 2.94. The Morgan fingerprint density at radius 2 is 2.20 bits per heavy atom. The lowest BCUT2D eigenvalue weighted by Gasteiger charge is -2.25. The van der Waals surface area contributed by atoms with Crippen LogP contribution in [-0.4, -0.2) is 12.6 Å². The monoisotopic (exact) mass is 208 g/mol. The summed E-state index contributed by atoms with van der Waals surface area (Å²) >= 11 is 0. The molecule has 1 aliphatic carbocycles. The zero-order valence-electron chi connectivity index (χ0n) is 9.04. The van der Waals surface area contributed by atoms with Crippen LogP contribution in [0.5, 0.6) is 0 Å². The number of rotatable bonds is 4. The number of hydrogen-bond acceptors (Lipinski definition) is 2. The van der Waals surface area contributed by atoms with Crippen molar-refractivity contribution in [1.82, 2.24) is 0 Å². The predicted octanol–water partition coefficient (Wildman–Crippen LogP) is 2.27. The van der Waals surface area contributed by atoms with Crippen LogP contribution >= 0.6 is 0 Å². The summed E-state index contributed by atoms with van der Waals surface area (Å²) < 4.78 is 13.5. The fourth-order valence-electron chi connectivity index (χ4n) is 2.03. The van der Waals surface area contributed by atoms with E-state index in [-0.39, 0.29) is 12.4 Å². The average molecular weight is 208 g/mol. The molecular formula is C12H17FN2. The van der Waals surface area contributed by atoms with E-state index < -0.39 is 0 Å². The van der Waals surface area contributed by atoms with Gasteiger partial charge in [-0.3, -0.25) is 0 Å². The van der Waals surface area contributed by atoms with E-state index in [0.717, 1.165) is 12.2 Å². The lowest BCUT2D eigenvalue weighted by Crippen LogP contribution is -2.27. The summed E-state index contributed by atoms with van der Waals surface area (Å²) in [6.07, 6.45) is 2.43. The number of anilines is 1. The molecule has 15 heavy (non-hydrogen) atoms. The molecular weight excluding hydrogens is 191 g/mol. The number of nitrogens with zero attached hydrogens (tertiary/aromatic N) is 1. The molecule has 0 atom stereocenters. The highest BCUT2D eigenvalue weighted by atomic mass is 19.1. The topological polar surface area (TPSA) is 29.3 Å². The van der Waals surface area contributed by atoms with Crippen molar-refractivity contribution >= 4 is 5.69 Å². The number of halogens is 1. The predicted molar refractivity (Wildman–Crippen MR) is 60.3 cm³/mol. The van der Waals surface area contributed by atoms with Crippen LogP contribution < -0.4 is 10.6 Å². The molecule has 1 fully saturated rings. The van der Waals surface area contributed by atoms with E-state index in [2.05, 4.69) is 11.8 Å². The van der Waals surface area contributed by atoms with Gasteiger partial charge in [0.1, 0.15) is 5.82 Å². The Kier molecular flexibility index (Phi) is 2.91. The van der Waals surface area contributed by atoms with Crippen LogP contribution in [0, 0.1) is 5.82 Å². The fraction of sp³-hybridized carbons (Fsp3) is 0.500. The zero-order chi connectivity index (χ0) is 10.8. The first-order valence-electron chi connectivity index (χ1n) is 5.52. The second-order valence-electron chi connectivity index (χ2n) is 3.96. The number of nitrogens with two attached hydrogens (primary N) is 1. The molecule has 0 saturated heterocycles. The van der Waals surface area contributed by atoms with Gasteiger partial charge in [-0.2, -0.15) is 0 Å². The van der Waals surface area contributed by atoms with Gasteiger partial charge in [-0.25, -0.2) is 4.39 Å². The molecule has 1 aromatic rings. The van der Waals surface area contributed by atoms with E-state index in [4.69, 9.17) is 5.73 Å². The highest BCUT2D eigenvalue weighted by Crippen LogP contribution is 2.33. The normalized spacial score (nSPS) is 15.4. The van der Waals surface area contributed by atoms with E-state index in [0.29, 0.717) is 11.6 Å². The number of hydrogen-bond donors (Lipinski definition) is 1. The maximum absolute atomic E-state index is 13.5. The molecule has 2 rings (SSSR count). The quantitative estimate of drug-likeness (QED) is 0.822. The van der Waals surface area contributed by atoms with Gasteiger partial charge in [0.05, 0.1) is 0 Å². The Hall–Kier alpha value is -1.09. The summed E-state index contributed by atoms with van der Waals surface area (Å²) in [5.74, 6) is -0.186. The Morgan fingerprint density at radius 1 is 1.47 bits per heavy atom. The number of benzene rings is 1. The lowest BCUT2D eigenvalue weighted by atomic mass is 10.1. The van der Waals surface area contributed by atoms with Crippen molar-refractivity contribution < 1.29 is 4.39 Å². The van der Waals surface area contributed by atoms with Crippen LogP contribution in [0.2, 0.25) is 0 Å². The SMILES string of the molecule is CCN(c1cccc(F)c1CN)C1CC1. The molecule has 0 amide bonds. The smallest absolute Gasteiger partial charge is 0.129 e. The Balaban J connectivity index is 2.36. The van der Waals surface area contributed by atoms with Gasteiger partial charge < -0.3 is 10.6 Å². The van der Waals surface area contributed by atoms with Crippen LogP contribution in [0.1, 0.15) is 25.3 Å². The van der Waals surface area contributed by atoms with Crippen molar-refractivity contribution in [2.24, 2.45) is 5.73 Å². The van der Waals surface area contributed by atoms with Gasteiger partial charge in [-0.05, 0) is 31.9 Å². The molecule has 0 heterocycles. The van der Waals surface area contributed by atoms with E-state index in [1.807, 2.05) is 6.07 Å². The van der Waals surface area contributed by atoms with Crippen molar-refractivity contribution in [1.29, 1.82) is 0 Å². The van der Waals surface area contributed by atoms with Crippen molar-refractivity contribution in [2.75, 3.05) is 11.4 Å². The van der Waals surface area contributed by atoms with Gasteiger partial charge in [0.2, 0.25) is 0 Å². The van der Waals surface area contributed by atoms with Gasteiger partial charge in [-0.1, -0.05) is 6.07 Å². The maximum atomic E-state index is 13.5. The van der Waals surface area contributed by atoms with E-state index in [9.17, 15) is 4.39 Å². The maximum Gasteiger partial charge on any atom is 0.129 e. The molecule has 0 spiro atoms. The highest BCUT2D eigenvalue weighted by Gasteiger charge is 2.29. The second-order valence-corrected chi connectivity index (χ2v) is 3.96. The minimum Gasteiger partial charge on any atom is -0.368 e. The third-order valence-corrected chi connectivity index (χ3v) is 2.94. The van der Waals surface area contributed by atoms with Gasteiger partial charge in [-0.15, -0.1) is 0 Å². The van der Waals surface area contributed by atoms with E-state index in [1.165, 1.54) is 18.9 Å². The Morgan fingerprint density at radius 3 is 2.73 bits per heavy atom. The van der Waals surface area contributed by atoms with Crippen molar-refractivity contribution in [3.8, 4) is 0 Å². The highest BCUT2D eigenvalue weighted by molar-refractivity contribution is 5.55.